The van der Waals surface area contributed by atoms with Gasteiger partial charge in [0.25, 0.3) is 0 Å². The van der Waals surface area contributed by atoms with E-state index in [-0.39, 0.29) is 21.5 Å². The van der Waals surface area contributed by atoms with Crippen molar-refractivity contribution >= 4 is 28.1 Å². The fraction of sp³-hybridized carbons (Fsp3) is 0.200. The predicted molar refractivity (Wildman–Crippen MR) is 105 cm³/mol. The Morgan fingerprint density at radius 1 is 1.17 bits per heavy atom. The van der Waals surface area contributed by atoms with E-state index in [9.17, 15) is 24.1 Å². The number of hydrogen-bond donors (Lipinski definition) is 0. The zero-order chi connectivity index (χ0) is 21.1. The van der Waals surface area contributed by atoms with Crippen LogP contribution in [0.1, 0.15) is 37.0 Å². The minimum Gasteiger partial charge on any atom is -0.453 e. The fourth-order valence-electron chi connectivity index (χ4n) is 2.91. The second-order valence-electron chi connectivity index (χ2n) is 6.39. The molecule has 0 saturated heterocycles. The van der Waals surface area contributed by atoms with Gasteiger partial charge in [0.15, 0.2) is 6.61 Å². The van der Waals surface area contributed by atoms with Gasteiger partial charge in [-0.05, 0) is 43.7 Å². The predicted octanol–water partition coefficient (Wildman–Crippen LogP) is 4.30. The molecule has 0 aliphatic carbocycles. The van der Waals surface area contributed by atoms with Crippen molar-refractivity contribution in [3.63, 3.8) is 0 Å². The SMILES string of the molecule is Cc1cc(C(=O)COC(=O)c2ccc([N+](=O)[O-])s2)c(C)n1Cc1ccc(F)cc1. The van der Waals surface area contributed by atoms with E-state index < -0.39 is 17.5 Å². The maximum atomic E-state index is 13.1. The normalized spacial score (nSPS) is 10.7. The monoisotopic (exact) mass is 416 g/mol. The van der Waals surface area contributed by atoms with Crippen molar-refractivity contribution in [3.05, 3.63) is 85.8 Å². The minimum atomic E-state index is -0.781. The van der Waals surface area contributed by atoms with Gasteiger partial charge in [0.05, 0.1) is 4.92 Å². The molecule has 1 aromatic carbocycles. The number of carbonyl (C=O) groups excluding carboxylic acids is 2. The number of ether oxygens (including phenoxy) is 1. The van der Waals surface area contributed by atoms with Gasteiger partial charge in [-0.25, -0.2) is 9.18 Å². The van der Waals surface area contributed by atoms with Gasteiger partial charge in [-0.15, -0.1) is 0 Å². The first-order valence-electron chi connectivity index (χ1n) is 8.62. The molecule has 9 heteroatoms. The Bertz CT molecular complexity index is 1080. The molecule has 0 aliphatic heterocycles. The van der Waals surface area contributed by atoms with Crippen molar-refractivity contribution < 1.29 is 23.6 Å². The van der Waals surface area contributed by atoms with E-state index in [4.69, 9.17) is 4.74 Å². The highest BCUT2D eigenvalue weighted by Gasteiger charge is 2.20. The smallest absolute Gasteiger partial charge is 0.349 e. The van der Waals surface area contributed by atoms with Crippen LogP contribution >= 0.6 is 11.3 Å². The maximum Gasteiger partial charge on any atom is 0.349 e. The van der Waals surface area contributed by atoms with Crippen LogP contribution in [-0.4, -0.2) is 27.8 Å². The van der Waals surface area contributed by atoms with Gasteiger partial charge in [0.1, 0.15) is 10.7 Å². The van der Waals surface area contributed by atoms with Gasteiger partial charge in [-0.1, -0.05) is 23.5 Å². The van der Waals surface area contributed by atoms with E-state index in [0.717, 1.165) is 11.3 Å². The first kappa shape index (κ1) is 20.4. The molecule has 0 saturated carbocycles. The summed E-state index contributed by atoms with van der Waals surface area (Å²) >= 11 is 0.693. The molecule has 2 aromatic heterocycles. The summed E-state index contributed by atoms with van der Waals surface area (Å²) in [5.41, 5.74) is 2.86. The van der Waals surface area contributed by atoms with Crippen LogP contribution in [0.15, 0.2) is 42.5 Å². The highest BCUT2D eigenvalue weighted by Crippen LogP contribution is 2.24. The lowest BCUT2D eigenvalue weighted by molar-refractivity contribution is -0.380. The molecule has 2 heterocycles. The molecule has 3 rings (SSSR count). The molecule has 0 bridgehead atoms. The first-order valence-corrected chi connectivity index (χ1v) is 9.43. The summed E-state index contributed by atoms with van der Waals surface area (Å²) in [6.45, 7) is 3.65. The van der Waals surface area contributed by atoms with E-state index in [0.29, 0.717) is 29.1 Å². The molecule has 150 valence electrons. The van der Waals surface area contributed by atoms with E-state index in [2.05, 4.69) is 0 Å². The molecule has 0 radical (unpaired) electrons. The fourth-order valence-corrected chi connectivity index (χ4v) is 3.63. The van der Waals surface area contributed by atoms with Gasteiger partial charge in [-0.3, -0.25) is 14.9 Å². The molecule has 7 nitrogen and oxygen atoms in total. The summed E-state index contributed by atoms with van der Waals surface area (Å²) in [4.78, 5) is 34.7. The third-order valence-corrected chi connectivity index (χ3v) is 5.45. The number of carbonyl (C=O) groups is 2. The second-order valence-corrected chi connectivity index (χ2v) is 7.45. The Hall–Kier alpha value is -3.33. The Morgan fingerprint density at radius 3 is 2.48 bits per heavy atom. The number of halogens is 1. The van der Waals surface area contributed by atoms with E-state index in [1.165, 1.54) is 24.3 Å². The number of nitrogens with zero attached hydrogens (tertiary/aromatic N) is 2. The Kier molecular flexibility index (Phi) is 5.88. The standard InChI is InChI=1S/C20H17FN2O5S/c1-12-9-16(13(2)22(12)10-14-3-5-15(21)6-4-14)17(24)11-28-20(25)18-7-8-19(29-18)23(26)27/h3-9H,10-11H2,1-2H3. The Morgan fingerprint density at radius 2 is 1.86 bits per heavy atom. The summed E-state index contributed by atoms with van der Waals surface area (Å²) < 4.78 is 20.0. The number of esters is 1. The molecule has 0 N–H and O–H groups in total. The third kappa shape index (κ3) is 4.57. The molecule has 29 heavy (non-hydrogen) atoms. The highest BCUT2D eigenvalue weighted by atomic mass is 32.1. The average Bonchev–Trinajstić information content (AvgIpc) is 3.28. The van der Waals surface area contributed by atoms with Crippen LogP contribution in [0.3, 0.4) is 0 Å². The van der Waals surface area contributed by atoms with Crippen LogP contribution in [-0.2, 0) is 11.3 Å². The van der Waals surface area contributed by atoms with E-state index in [1.54, 1.807) is 25.1 Å². The van der Waals surface area contributed by atoms with Crippen LogP contribution < -0.4 is 0 Å². The highest BCUT2D eigenvalue weighted by molar-refractivity contribution is 7.17. The molecule has 0 unspecified atom stereocenters. The number of ketones is 1. The lowest BCUT2D eigenvalue weighted by atomic mass is 10.1. The molecule has 3 aromatic rings. The summed E-state index contributed by atoms with van der Waals surface area (Å²) in [5.74, 6) is -1.47. The zero-order valence-corrected chi connectivity index (χ0v) is 16.5. The van der Waals surface area contributed by atoms with E-state index >= 15 is 0 Å². The number of Topliss-reactive ketones (excluding diaryl/α,β-unsaturated/α-hetero) is 1. The topological polar surface area (TPSA) is 91.4 Å². The minimum absolute atomic E-state index is 0.0614. The number of aromatic nitrogens is 1. The zero-order valence-electron chi connectivity index (χ0n) is 15.7. The quantitative estimate of drug-likeness (QED) is 0.248. The Labute approximate surface area is 169 Å². The third-order valence-electron chi connectivity index (χ3n) is 4.44. The average molecular weight is 416 g/mol. The molecule has 0 atom stereocenters. The van der Waals surface area contributed by atoms with Crippen molar-refractivity contribution in [2.24, 2.45) is 0 Å². The van der Waals surface area contributed by atoms with Crippen molar-refractivity contribution in [2.45, 2.75) is 20.4 Å². The van der Waals surface area contributed by atoms with Crippen LogP contribution in [0, 0.1) is 29.8 Å². The van der Waals surface area contributed by atoms with Crippen molar-refractivity contribution in [2.75, 3.05) is 6.61 Å². The number of benzene rings is 1. The van der Waals surface area contributed by atoms with Crippen LogP contribution in [0.5, 0.6) is 0 Å². The van der Waals surface area contributed by atoms with Gasteiger partial charge in [0.2, 0.25) is 5.78 Å². The number of thiophene rings is 1. The molecular weight excluding hydrogens is 399 g/mol. The largest absolute Gasteiger partial charge is 0.453 e. The van der Waals surface area contributed by atoms with Gasteiger partial charge >= 0.3 is 11.0 Å². The van der Waals surface area contributed by atoms with Crippen molar-refractivity contribution in [1.82, 2.24) is 4.57 Å². The maximum absolute atomic E-state index is 13.1. The molecular formula is C20H17FN2O5S. The van der Waals surface area contributed by atoms with Crippen molar-refractivity contribution in [1.29, 1.82) is 0 Å². The number of aryl methyl sites for hydroxylation is 1. The van der Waals surface area contributed by atoms with Gasteiger partial charge < -0.3 is 9.30 Å². The van der Waals surface area contributed by atoms with Crippen LogP contribution in [0.2, 0.25) is 0 Å². The summed E-state index contributed by atoms with van der Waals surface area (Å²) in [6.07, 6.45) is 0. The van der Waals surface area contributed by atoms with Crippen LogP contribution in [0.25, 0.3) is 0 Å². The van der Waals surface area contributed by atoms with Gasteiger partial charge in [-0.2, -0.15) is 0 Å². The van der Waals surface area contributed by atoms with Crippen LogP contribution in [0.4, 0.5) is 9.39 Å². The number of rotatable bonds is 7. The Balaban J connectivity index is 1.68. The molecule has 0 aliphatic rings. The number of hydrogen-bond acceptors (Lipinski definition) is 6. The number of nitro groups is 1. The van der Waals surface area contributed by atoms with Gasteiger partial charge in [0, 0.05) is 29.6 Å². The lowest BCUT2D eigenvalue weighted by Crippen LogP contribution is -2.14. The van der Waals surface area contributed by atoms with E-state index in [1.807, 2.05) is 11.5 Å². The first-order chi connectivity index (χ1) is 13.8. The summed E-state index contributed by atoms with van der Waals surface area (Å²) in [7, 11) is 0. The van der Waals surface area contributed by atoms with Crippen molar-refractivity contribution in [3.8, 4) is 0 Å². The molecule has 0 spiro atoms. The summed E-state index contributed by atoms with van der Waals surface area (Å²) in [6, 6.07) is 10.3. The lowest BCUT2D eigenvalue weighted by Gasteiger charge is -2.10. The summed E-state index contributed by atoms with van der Waals surface area (Å²) in [5, 5.41) is 10.5. The second kappa shape index (κ2) is 8.36. The molecule has 0 amide bonds. The molecule has 0 fully saturated rings.